The summed E-state index contributed by atoms with van der Waals surface area (Å²) >= 11 is 0. The molecule has 0 fully saturated rings. The maximum atomic E-state index is 12.3. The second kappa shape index (κ2) is 11.5. The highest BCUT2D eigenvalue weighted by Crippen LogP contribution is 2.33. The summed E-state index contributed by atoms with van der Waals surface area (Å²) in [7, 11) is -2.42. The van der Waals surface area contributed by atoms with Crippen molar-refractivity contribution >= 4 is 27.3 Å². The van der Waals surface area contributed by atoms with Crippen molar-refractivity contribution in [3.8, 4) is 11.5 Å². The summed E-state index contributed by atoms with van der Waals surface area (Å²) in [6.07, 6.45) is 1.28. The predicted molar refractivity (Wildman–Crippen MR) is 125 cm³/mol. The van der Waals surface area contributed by atoms with Crippen LogP contribution in [-0.4, -0.2) is 52.3 Å². The number of anilines is 1. The number of carbonyl (C=O) groups excluding carboxylic acids is 1. The number of nitro benzene ring substituents is 1. The molecule has 0 aliphatic carbocycles. The average Bonchev–Trinajstić information content (AvgIpc) is 2.72. The Labute approximate surface area is 193 Å². The highest BCUT2D eigenvalue weighted by molar-refractivity contribution is 7.92. The second-order valence-corrected chi connectivity index (χ2v) is 9.48. The quantitative estimate of drug-likeness (QED) is 0.282. The molecule has 0 spiro atoms. The van der Waals surface area contributed by atoms with Crippen LogP contribution in [-0.2, 0) is 14.8 Å². The van der Waals surface area contributed by atoms with Crippen LogP contribution in [0.1, 0.15) is 24.0 Å². The van der Waals surface area contributed by atoms with Crippen molar-refractivity contribution in [1.82, 2.24) is 5.32 Å². The Bertz CT molecular complexity index is 1080. The number of non-ortho nitro benzene ring substituents is 1. The fourth-order valence-electron chi connectivity index (χ4n) is 3.30. The zero-order valence-electron chi connectivity index (χ0n) is 19.2. The van der Waals surface area contributed by atoms with Gasteiger partial charge in [-0.1, -0.05) is 6.07 Å². The van der Waals surface area contributed by atoms with Gasteiger partial charge in [-0.25, -0.2) is 8.42 Å². The fraction of sp³-hybridized carbons (Fsp3) is 0.409. The minimum atomic E-state index is -3.77. The summed E-state index contributed by atoms with van der Waals surface area (Å²) in [6, 6.07) is 9.58. The van der Waals surface area contributed by atoms with E-state index in [1.807, 2.05) is 32.0 Å². The third-order valence-corrected chi connectivity index (χ3v) is 5.88. The van der Waals surface area contributed by atoms with Crippen molar-refractivity contribution < 1.29 is 27.6 Å². The smallest absolute Gasteiger partial charge is 0.271 e. The number of carbonyl (C=O) groups is 1. The number of ether oxygens (including phenoxy) is 2. The lowest BCUT2D eigenvalue weighted by atomic mass is 10.1. The molecule has 0 bridgehead atoms. The van der Waals surface area contributed by atoms with Crippen molar-refractivity contribution in [1.29, 1.82) is 0 Å². The molecule has 2 aromatic rings. The van der Waals surface area contributed by atoms with Crippen LogP contribution in [0, 0.1) is 24.0 Å². The third kappa shape index (κ3) is 7.94. The first-order chi connectivity index (χ1) is 15.5. The maximum Gasteiger partial charge on any atom is 0.271 e. The molecule has 1 amide bonds. The lowest BCUT2D eigenvalue weighted by Crippen LogP contribution is -2.33. The first-order valence-corrected chi connectivity index (χ1v) is 12.1. The van der Waals surface area contributed by atoms with Crippen LogP contribution in [0.4, 0.5) is 11.4 Å². The number of rotatable bonds is 12. The molecule has 0 radical (unpaired) electrons. The Morgan fingerprint density at radius 2 is 1.82 bits per heavy atom. The zero-order valence-corrected chi connectivity index (χ0v) is 20.0. The van der Waals surface area contributed by atoms with Crippen LogP contribution in [0.25, 0.3) is 0 Å². The Morgan fingerprint density at radius 3 is 2.39 bits per heavy atom. The molecule has 0 aliphatic rings. The van der Waals surface area contributed by atoms with Gasteiger partial charge in [0.1, 0.15) is 23.8 Å². The molecule has 0 aromatic heterocycles. The van der Waals surface area contributed by atoms with Gasteiger partial charge in [-0.3, -0.25) is 19.2 Å². The average molecular weight is 480 g/mol. The van der Waals surface area contributed by atoms with E-state index in [-0.39, 0.29) is 42.4 Å². The molecular formula is C22H29N3O7S. The summed E-state index contributed by atoms with van der Waals surface area (Å²) in [6.45, 7) is 4.52. The van der Waals surface area contributed by atoms with Gasteiger partial charge in [0.15, 0.2) is 0 Å². The first-order valence-electron chi connectivity index (χ1n) is 10.3. The number of sulfonamides is 1. The highest BCUT2D eigenvalue weighted by Gasteiger charge is 2.24. The van der Waals surface area contributed by atoms with E-state index in [2.05, 4.69) is 5.32 Å². The van der Waals surface area contributed by atoms with Crippen LogP contribution in [0.2, 0.25) is 0 Å². The van der Waals surface area contributed by atoms with E-state index in [0.29, 0.717) is 13.2 Å². The molecule has 33 heavy (non-hydrogen) atoms. The number of amides is 1. The molecule has 0 saturated carbocycles. The standard InChI is InChI=1S/C22H29N3O7S/c1-16-12-17(2)14-19(13-16)32-11-9-23-22(26)6-5-10-24(33(4,29)30)20-15-18(25(27)28)7-8-21(20)31-3/h7-8,12-15H,5-6,9-11H2,1-4H3,(H,23,26). The molecule has 1 N–H and O–H groups in total. The van der Waals surface area contributed by atoms with Crippen LogP contribution in [0.5, 0.6) is 11.5 Å². The Hall–Kier alpha value is -3.34. The van der Waals surface area contributed by atoms with E-state index < -0.39 is 14.9 Å². The molecular weight excluding hydrogens is 450 g/mol. The van der Waals surface area contributed by atoms with E-state index >= 15 is 0 Å². The second-order valence-electron chi connectivity index (χ2n) is 7.57. The van der Waals surface area contributed by atoms with E-state index in [0.717, 1.165) is 33.5 Å². The molecule has 0 heterocycles. The van der Waals surface area contributed by atoms with Crippen molar-refractivity contribution in [3.05, 3.63) is 57.6 Å². The summed E-state index contributed by atoms with van der Waals surface area (Å²) in [4.78, 5) is 22.6. The lowest BCUT2D eigenvalue weighted by Gasteiger charge is -2.24. The van der Waals surface area contributed by atoms with Gasteiger partial charge in [-0.15, -0.1) is 0 Å². The van der Waals surface area contributed by atoms with Crippen LogP contribution < -0.4 is 19.1 Å². The maximum absolute atomic E-state index is 12.3. The van der Waals surface area contributed by atoms with Crippen molar-refractivity contribution in [2.45, 2.75) is 26.7 Å². The normalized spacial score (nSPS) is 11.0. The number of benzene rings is 2. The molecule has 0 saturated heterocycles. The van der Waals surface area contributed by atoms with Crippen molar-refractivity contribution in [2.24, 2.45) is 0 Å². The fourth-order valence-corrected chi connectivity index (χ4v) is 4.26. The number of nitro groups is 1. The highest BCUT2D eigenvalue weighted by atomic mass is 32.2. The number of hydrogen-bond acceptors (Lipinski definition) is 7. The Kier molecular flexibility index (Phi) is 9.03. The SMILES string of the molecule is COc1ccc([N+](=O)[O-])cc1N(CCCC(=O)NCCOc1cc(C)cc(C)c1)S(C)(=O)=O. The minimum Gasteiger partial charge on any atom is -0.495 e. The van der Waals surface area contributed by atoms with Gasteiger partial charge in [-0.2, -0.15) is 0 Å². The number of nitrogens with zero attached hydrogens (tertiary/aromatic N) is 2. The summed E-state index contributed by atoms with van der Waals surface area (Å²) in [5.74, 6) is 0.661. The molecule has 11 heteroatoms. The molecule has 2 rings (SSSR count). The molecule has 2 aromatic carbocycles. The van der Waals surface area contributed by atoms with E-state index in [9.17, 15) is 23.3 Å². The van der Waals surface area contributed by atoms with Gasteiger partial charge in [0.25, 0.3) is 5.69 Å². The number of methoxy groups -OCH3 is 1. The third-order valence-electron chi connectivity index (χ3n) is 4.70. The van der Waals surface area contributed by atoms with Gasteiger partial charge in [0, 0.05) is 25.1 Å². The van der Waals surface area contributed by atoms with Gasteiger partial charge in [0.05, 0.1) is 24.8 Å². The molecule has 180 valence electrons. The van der Waals surface area contributed by atoms with Crippen LogP contribution >= 0.6 is 0 Å². The minimum absolute atomic E-state index is 0.0388. The lowest BCUT2D eigenvalue weighted by molar-refractivity contribution is -0.384. The molecule has 0 aliphatic heterocycles. The molecule has 10 nitrogen and oxygen atoms in total. The summed E-state index contributed by atoms with van der Waals surface area (Å²) < 4.78 is 36.5. The van der Waals surface area contributed by atoms with Gasteiger partial charge < -0.3 is 14.8 Å². The zero-order chi connectivity index (χ0) is 24.6. The predicted octanol–water partition coefficient (Wildman–Crippen LogP) is 2.96. The van der Waals surface area contributed by atoms with Crippen molar-refractivity contribution in [2.75, 3.05) is 37.4 Å². The largest absolute Gasteiger partial charge is 0.495 e. The number of nitrogens with one attached hydrogen (secondary N) is 1. The Balaban J connectivity index is 1.91. The topological polar surface area (TPSA) is 128 Å². The van der Waals surface area contributed by atoms with E-state index in [4.69, 9.17) is 9.47 Å². The number of hydrogen-bond donors (Lipinski definition) is 1. The monoisotopic (exact) mass is 479 g/mol. The van der Waals surface area contributed by atoms with Crippen LogP contribution in [0.3, 0.4) is 0 Å². The summed E-state index contributed by atoms with van der Waals surface area (Å²) in [5.41, 5.74) is 1.96. The van der Waals surface area contributed by atoms with Gasteiger partial charge in [0.2, 0.25) is 15.9 Å². The van der Waals surface area contributed by atoms with E-state index in [1.54, 1.807) is 0 Å². The van der Waals surface area contributed by atoms with Crippen molar-refractivity contribution in [3.63, 3.8) is 0 Å². The van der Waals surface area contributed by atoms with Gasteiger partial charge >= 0.3 is 0 Å². The molecule has 0 unspecified atom stereocenters. The molecule has 0 atom stereocenters. The first kappa shape index (κ1) is 25.9. The van der Waals surface area contributed by atoms with Gasteiger partial charge in [-0.05, 0) is 49.6 Å². The Morgan fingerprint density at radius 1 is 1.15 bits per heavy atom. The summed E-state index contributed by atoms with van der Waals surface area (Å²) in [5, 5.41) is 13.8. The number of aryl methyl sites for hydroxylation is 2. The van der Waals surface area contributed by atoms with E-state index in [1.165, 1.54) is 19.2 Å². The van der Waals surface area contributed by atoms with Crippen LogP contribution in [0.15, 0.2) is 36.4 Å².